The van der Waals surface area contributed by atoms with E-state index in [0.29, 0.717) is 64.7 Å². The summed E-state index contributed by atoms with van der Waals surface area (Å²) in [6.07, 6.45) is 2.91. The second-order valence-corrected chi connectivity index (χ2v) is 12.9. The Balaban J connectivity index is 1.36. The van der Waals surface area contributed by atoms with Gasteiger partial charge in [0.25, 0.3) is 0 Å². The fraction of sp³-hybridized carbons (Fsp3) is 0.351. The number of hydrogen-bond acceptors (Lipinski definition) is 9. The minimum absolute atomic E-state index is 0.0933. The van der Waals surface area contributed by atoms with Crippen molar-refractivity contribution in [3.05, 3.63) is 82.0 Å². The first kappa shape index (κ1) is 36.1. The first-order chi connectivity index (χ1) is 23.6. The lowest BCUT2D eigenvalue weighted by atomic mass is 9.99. The van der Waals surface area contributed by atoms with Crippen LogP contribution >= 0.6 is 23.2 Å². The molecule has 1 amide bonds. The number of hydrogen-bond donors (Lipinski definition) is 3. The van der Waals surface area contributed by atoms with Gasteiger partial charge in [0.15, 0.2) is 0 Å². The molecule has 1 saturated heterocycles. The predicted molar refractivity (Wildman–Crippen MR) is 192 cm³/mol. The molecule has 0 saturated carbocycles. The molecule has 0 aliphatic carbocycles. The third-order valence-electron chi connectivity index (χ3n) is 8.24. The van der Waals surface area contributed by atoms with Crippen LogP contribution in [0, 0.1) is 0 Å². The van der Waals surface area contributed by atoms with Crippen LogP contribution in [0.2, 0.25) is 10.0 Å². The maximum atomic E-state index is 12.2. The van der Waals surface area contributed by atoms with Crippen molar-refractivity contribution in [2.24, 2.45) is 0 Å². The lowest BCUT2D eigenvalue weighted by molar-refractivity contribution is -0.149. The van der Waals surface area contributed by atoms with Gasteiger partial charge in [-0.25, -0.2) is 4.98 Å². The smallest absolute Gasteiger partial charge is 0.323 e. The zero-order chi connectivity index (χ0) is 35.1. The summed E-state index contributed by atoms with van der Waals surface area (Å²) in [5.74, 6) is 0.898. The van der Waals surface area contributed by atoms with Crippen LogP contribution in [-0.2, 0) is 27.4 Å². The first-order valence-electron chi connectivity index (χ1n) is 16.2. The molecule has 2 atom stereocenters. The SMILES string of the molecule is COc1cc(-c2nccc(-c3cccc(-c4ccc(CNCC5CCC(=O)N5)c(OC)n4)c3Cl)c2Cl)ccc1CNC(C)C(=O)OC(C)C. The summed E-state index contributed by atoms with van der Waals surface area (Å²) in [7, 11) is 3.19. The van der Waals surface area contributed by atoms with Crippen molar-refractivity contribution in [1.29, 1.82) is 0 Å². The standard InChI is InChI=1S/C37H41Cl2N5O5/c1-21(2)49-37(46)22(3)42-19-24-10-9-23(17-31(24)47-4)35-34(39)28(15-16-41-35)27-7-6-8-29(33(27)38)30-13-11-25(36(44-30)48-5)18-40-20-26-12-14-32(45)43-26/h6-11,13,15-17,21-22,26,40,42H,12,14,18-20H2,1-5H3,(H,43,45). The van der Waals surface area contributed by atoms with Gasteiger partial charge in [-0.05, 0) is 45.4 Å². The minimum Gasteiger partial charge on any atom is -0.496 e. The first-order valence-corrected chi connectivity index (χ1v) is 16.9. The number of carbonyl (C=O) groups excluding carboxylic acids is 2. The van der Waals surface area contributed by atoms with Gasteiger partial charge in [-0.3, -0.25) is 14.6 Å². The quantitative estimate of drug-likeness (QED) is 0.125. The predicted octanol–water partition coefficient (Wildman–Crippen LogP) is 6.60. The number of methoxy groups -OCH3 is 2. The van der Waals surface area contributed by atoms with Gasteiger partial charge in [-0.1, -0.05) is 59.6 Å². The van der Waals surface area contributed by atoms with E-state index in [2.05, 4.69) is 20.9 Å². The highest BCUT2D eigenvalue weighted by molar-refractivity contribution is 6.39. The fourth-order valence-corrected chi connectivity index (χ4v) is 6.30. The Kier molecular flexibility index (Phi) is 12.1. The number of rotatable bonds is 14. The molecular weight excluding hydrogens is 665 g/mol. The molecule has 0 spiro atoms. The van der Waals surface area contributed by atoms with Crippen molar-refractivity contribution in [2.45, 2.75) is 64.9 Å². The molecule has 5 rings (SSSR count). The number of amides is 1. The number of esters is 1. The Hall–Kier alpha value is -4.22. The van der Waals surface area contributed by atoms with Crippen molar-refractivity contribution < 1.29 is 23.8 Å². The Morgan fingerprint density at radius 2 is 1.71 bits per heavy atom. The Morgan fingerprint density at radius 1 is 0.959 bits per heavy atom. The number of carbonyl (C=O) groups is 2. The van der Waals surface area contributed by atoms with E-state index in [9.17, 15) is 9.59 Å². The molecule has 3 heterocycles. The van der Waals surface area contributed by atoms with E-state index in [-0.39, 0.29) is 24.0 Å². The number of halogens is 2. The highest BCUT2D eigenvalue weighted by Crippen LogP contribution is 2.42. The second-order valence-electron chi connectivity index (χ2n) is 12.1. The van der Waals surface area contributed by atoms with Gasteiger partial charge in [0.05, 0.1) is 41.8 Å². The van der Waals surface area contributed by atoms with Crippen LogP contribution in [0.5, 0.6) is 11.6 Å². The summed E-state index contributed by atoms with van der Waals surface area (Å²) in [6, 6.07) is 16.8. The van der Waals surface area contributed by atoms with E-state index < -0.39 is 6.04 Å². The van der Waals surface area contributed by atoms with Crippen molar-refractivity contribution in [1.82, 2.24) is 25.9 Å². The van der Waals surface area contributed by atoms with E-state index in [4.69, 9.17) is 42.4 Å². The lowest BCUT2D eigenvalue weighted by Gasteiger charge is -2.17. The molecule has 49 heavy (non-hydrogen) atoms. The summed E-state index contributed by atoms with van der Waals surface area (Å²) in [6.45, 7) is 7.02. The molecule has 1 aliphatic heterocycles. The van der Waals surface area contributed by atoms with Crippen LogP contribution in [0.15, 0.2) is 60.8 Å². The number of nitrogens with one attached hydrogen (secondary N) is 3. The molecular formula is C37H41Cl2N5O5. The molecule has 2 aromatic heterocycles. The van der Waals surface area contributed by atoms with Crippen LogP contribution < -0.4 is 25.4 Å². The number of nitrogens with zero attached hydrogens (tertiary/aromatic N) is 2. The number of aromatic nitrogens is 2. The highest BCUT2D eigenvalue weighted by Gasteiger charge is 2.22. The summed E-state index contributed by atoms with van der Waals surface area (Å²) in [4.78, 5) is 33.1. The van der Waals surface area contributed by atoms with Crippen LogP contribution in [0.4, 0.5) is 0 Å². The molecule has 1 fully saturated rings. The number of ether oxygens (including phenoxy) is 3. The van der Waals surface area contributed by atoms with Gasteiger partial charge in [0.1, 0.15) is 11.8 Å². The van der Waals surface area contributed by atoms with Crippen LogP contribution in [0.3, 0.4) is 0 Å². The van der Waals surface area contributed by atoms with Crippen LogP contribution in [-0.4, -0.2) is 60.8 Å². The molecule has 0 bridgehead atoms. The normalized spacial score (nSPS) is 14.9. The molecule has 258 valence electrons. The molecule has 3 N–H and O–H groups in total. The maximum absolute atomic E-state index is 12.2. The Labute approximate surface area is 296 Å². The lowest BCUT2D eigenvalue weighted by Crippen LogP contribution is -2.36. The number of pyridine rings is 2. The van der Waals surface area contributed by atoms with Crippen LogP contribution in [0.1, 0.15) is 44.7 Å². The molecule has 4 aromatic rings. The highest BCUT2D eigenvalue weighted by atomic mass is 35.5. The van der Waals surface area contributed by atoms with Gasteiger partial charge in [-0.2, -0.15) is 0 Å². The molecule has 1 aliphatic rings. The van der Waals surface area contributed by atoms with E-state index in [1.165, 1.54) is 0 Å². The van der Waals surface area contributed by atoms with E-state index in [0.717, 1.165) is 34.2 Å². The van der Waals surface area contributed by atoms with Gasteiger partial charge in [0, 0.05) is 71.7 Å². The van der Waals surface area contributed by atoms with Crippen molar-refractivity contribution in [3.63, 3.8) is 0 Å². The summed E-state index contributed by atoms with van der Waals surface area (Å²) in [5.41, 5.74) is 5.92. The van der Waals surface area contributed by atoms with E-state index in [1.54, 1.807) is 27.3 Å². The largest absolute Gasteiger partial charge is 0.496 e. The molecule has 0 radical (unpaired) electrons. The monoisotopic (exact) mass is 705 g/mol. The second kappa shape index (κ2) is 16.5. The van der Waals surface area contributed by atoms with Gasteiger partial charge in [-0.15, -0.1) is 0 Å². The summed E-state index contributed by atoms with van der Waals surface area (Å²) in [5, 5.41) is 10.5. The van der Waals surface area contributed by atoms with E-state index in [1.807, 2.05) is 68.4 Å². The van der Waals surface area contributed by atoms with E-state index >= 15 is 0 Å². The average molecular weight is 707 g/mol. The van der Waals surface area contributed by atoms with Crippen molar-refractivity contribution >= 4 is 35.1 Å². The molecule has 2 aromatic carbocycles. The van der Waals surface area contributed by atoms with Gasteiger partial charge < -0.3 is 30.2 Å². The third kappa shape index (κ3) is 8.69. The van der Waals surface area contributed by atoms with Gasteiger partial charge in [0.2, 0.25) is 11.8 Å². The van der Waals surface area contributed by atoms with Gasteiger partial charge >= 0.3 is 5.97 Å². The topological polar surface area (TPSA) is 124 Å². The summed E-state index contributed by atoms with van der Waals surface area (Å²) >= 11 is 14.1. The minimum atomic E-state index is -0.482. The Bertz CT molecular complexity index is 1820. The summed E-state index contributed by atoms with van der Waals surface area (Å²) < 4.78 is 16.6. The van der Waals surface area contributed by atoms with Crippen molar-refractivity contribution in [3.8, 4) is 45.3 Å². The third-order valence-corrected chi connectivity index (χ3v) is 9.03. The zero-order valence-corrected chi connectivity index (χ0v) is 29.7. The molecule has 2 unspecified atom stereocenters. The molecule has 10 nitrogen and oxygen atoms in total. The number of benzene rings is 2. The fourth-order valence-electron chi connectivity index (χ4n) is 5.65. The zero-order valence-electron chi connectivity index (χ0n) is 28.2. The Morgan fingerprint density at radius 3 is 2.43 bits per heavy atom. The van der Waals surface area contributed by atoms with Crippen LogP contribution in [0.25, 0.3) is 33.6 Å². The maximum Gasteiger partial charge on any atom is 0.323 e. The van der Waals surface area contributed by atoms with Crippen molar-refractivity contribution in [2.75, 3.05) is 20.8 Å². The average Bonchev–Trinajstić information content (AvgIpc) is 3.51. The molecule has 12 heteroatoms.